The lowest BCUT2D eigenvalue weighted by Gasteiger charge is -2.18. The SMILES string of the molecule is CCOC(=O)C1=CN(C(=O)c2c(F)cccc2F)CCc2c1[nH]c1ccccc21. The number of esters is 1. The number of carbonyl (C=O) groups is 2. The number of hydrogen-bond donors (Lipinski definition) is 1. The summed E-state index contributed by atoms with van der Waals surface area (Å²) in [6, 6.07) is 10.8. The molecule has 148 valence electrons. The topological polar surface area (TPSA) is 62.4 Å². The largest absolute Gasteiger partial charge is 0.462 e. The summed E-state index contributed by atoms with van der Waals surface area (Å²) >= 11 is 0. The number of para-hydroxylation sites is 1. The lowest BCUT2D eigenvalue weighted by atomic mass is 10.0. The van der Waals surface area contributed by atoms with Crippen molar-refractivity contribution in [3.8, 4) is 0 Å². The Morgan fingerprint density at radius 3 is 2.55 bits per heavy atom. The van der Waals surface area contributed by atoms with E-state index in [-0.39, 0.29) is 18.7 Å². The second kappa shape index (κ2) is 7.50. The quantitative estimate of drug-likeness (QED) is 0.680. The standard InChI is InChI=1S/C22H18F2N2O3/c1-2-29-22(28)15-12-26(21(27)19-16(23)7-5-8-17(19)24)11-10-14-13-6-3-4-9-18(13)25-20(14)15/h3-9,12,25H,2,10-11H2,1H3. The minimum Gasteiger partial charge on any atom is -0.462 e. The second-order valence-electron chi connectivity index (χ2n) is 6.63. The van der Waals surface area contributed by atoms with Crippen LogP contribution in [0.5, 0.6) is 0 Å². The van der Waals surface area contributed by atoms with Gasteiger partial charge in [0.05, 0.1) is 17.9 Å². The maximum Gasteiger partial charge on any atom is 0.341 e. The summed E-state index contributed by atoms with van der Waals surface area (Å²) in [6.45, 7) is 1.99. The number of H-pyrrole nitrogens is 1. The Labute approximate surface area is 165 Å². The van der Waals surface area contributed by atoms with E-state index in [0.29, 0.717) is 12.1 Å². The molecule has 29 heavy (non-hydrogen) atoms. The highest BCUT2D eigenvalue weighted by Crippen LogP contribution is 2.32. The summed E-state index contributed by atoms with van der Waals surface area (Å²) in [5.74, 6) is -3.37. The van der Waals surface area contributed by atoms with Gasteiger partial charge in [-0.05, 0) is 37.1 Å². The zero-order valence-corrected chi connectivity index (χ0v) is 15.7. The van der Waals surface area contributed by atoms with Gasteiger partial charge in [0.2, 0.25) is 0 Å². The number of ether oxygens (including phenoxy) is 1. The first kappa shape index (κ1) is 18.9. The van der Waals surface area contributed by atoms with E-state index in [1.54, 1.807) is 6.92 Å². The molecule has 1 aliphatic rings. The van der Waals surface area contributed by atoms with Crippen molar-refractivity contribution in [1.82, 2.24) is 9.88 Å². The second-order valence-corrected chi connectivity index (χ2v) is 6.63. The third-order valence-corrected chi connectivity index (χ3v) is 4.90. The van der Waals surface area contributed by atoms with Crippen LogP contribution >= 0.6 is 0 Å². The molecule has 1 aromatic heterocycles. The van der Waals surface area contributed by atoms with E-state index < -0.39 is 29.1 Å². The van der Waals surface area contributed by atoms with Gasteiger partial charge in [-0.3, -0.25) is 4.79 Å². The average molecular weight is 396 g/mol. The number of benzene rings is 2. The molecule has 7 heteroatoms. The lowest BCUT2D eigenvalue weighted by molar-refractivity contribution is -0.136. The first-order chi connectivity index (χ1) is 14.0. The first-order valence-corrected chi connectivity index (χ1v) is 9.25. The van der Waals surface area contributed by atoms with Gasteiger partial charge in [0.1, 0.15) is 17.2 Å². The molecule has 0 aliphatic carbocycles. The molecule has 3 aromatic rings. The van der Waals surface area contributed by atoms with E-state index in [9.17, 15) is 18.4 Å². The van der Waals surface area contributed by atoms with Gasteiger partial charge in [-0.1, -0.05) is 24.3 Å². The summed E-state index contributed by atoms with van der Waals surface area (Å²) in [5.41, 5.74) is 1.74. The highest BCUT2D eigenvalue weighted by atomic mass is 19.1. The van der Waals surface area contributed by atoms with Crippen molar-refractivity contribution in [2.24, 2.45) is 0 Å². The number of fused-ring (bicyclic) bond motifs is 3. The molecule has 0 atom stereocenters. The van der Waals surface area contributed by atoms with Crippen molar-refractivity contribution in [1.29, 1.82) is 0 Å². The molecule has 1 amide bonds. The van der Waals surface area contributed by atoms with Crippen LogP contribution in [0.15, 0.2) is 48.7 Å². The molecule has 2 aromatic carbocycles. The number of carbonyl (C=O) groups excluding carboxylic acids is 2. The Kier molecular flexibility index (Phi) is 4.88. The van der Waals surface area contributed by atoms with Crippen molar-refractivity contribution in [2.75, 3.05) is 13.2 Å². The van der Waals surface area contributed by atoms with Gasteiger partial charge in [-0.25, -0.2) is 13.6 Å². The Balaban J connectivity index is 1.83. The Hall–Kier alpha value is -3.48. The summed E-state index contributed by atoms with van der Waals surface area (Å²) in [7, 11) is 0. The van der Waals surface area contributed by atoms with E-state index in [0.717, 1.165) is 33.5 Å². The number of hydrogen-bond acceptors (Lipinski definition) is 3. The minimum absolute atomic E-state index is 0.139. The normalized spacial score (nSPS) is 13.6. The van der Waals surface area contributed by atoms with Gasteiger partial charge < -0.3 is 14.6 Å². The lowest BCUT2D eigenvalue weighted by Crippen LogP contribution is -2.29. The fourth-order valence-corrected chi connectivity index (χ4v) is 3.58. The van der Waals surface area contributed by atoms with E-state index in [4.69, 9.17) is 4.74 Å². The Morgan fingerprint density at radius 1 is 1.10 bits per heavy atom. The minimum atomic E-state index is -0.950. The van der Waals surface area contributed by atoms with E-state index in [1.807, 2.05) is 24.3 Å². The molecule has 0 spiro atoms. The fraction of sp³-hybridized carbons (Fsp3) is 0.182. The first-order valence-electron chi connectivity index (χ1n) is 9.25. The molecule has 0 radical (unpaired) electrons. The van der Waals surface area contributed by atoms with Crippen molar-refractivity contribution in [2.45, 2.75) is 13.3 Å². The van der Waals surface area contributed by atoms with E-state index >= 15 is 0 Å². The Morgan fingerprint density at radius 2 is 1.83 bits per heavy atom. The number of halogens is 2. The molecule has 0 bridgehead atoms. The third-order valence-electron chi connectivity index (χ3n) is 4.90. The molecule has 1 N–H and O–H groups in total. The molecule has 4 rings (SSSR count). The van der Waals surface area contributed by atoms with Gasteiger partial charge in [0.25, 0.3) is 5.91 Å². The van der Waals surface area contributed by atoms with Crippen molar-refractivity contribution < 1.29 is 23.1 Å². The van der Waals surface area contributed by atoms with Crippen LogP contribution in [0, 0.1) is 11.6 Å². The van der Waals surface area contributed by atoms with Crippen LogP contribution in [0.25, 0.3) is 16.5 Å². The maximum atomic E-state index is 14.1. The van der Waals surface area contributed by atoms with E-state index in [1.165, 1.54) is 12.3 Å². The van der Waals surface area contributed by atoms with Crippen molar-refractivity contribution in [3.63, 3.8) is 0 Å². The van der Waals surface area contributed by atoms with Gasteiger partial charge in [-0.2, -0.15) is 0 Å². The predicted molar refractivity (Wildman–Crippen MR) is 104 cm³/mol. The van der Waals surface area contributed by atoms with Crippen LogP contribution in [-0.4, -0.2) is 34.9 Å². The smallest absolute Gasteiger partial charge is 0.341 e. The van der Waals surface area contributed by atoms with Crippen LogP contribution in [0.2, 0.25) is 0 Å². The van der Waals surface area contributed by atoms with Gasteiger partial charge in [0.15, 0.2) is 0 Å². The molecule has 0 fully saturated rings. The predicted octanol–water partition coefficient (Wildman–Crippen LogP) is 4.05. The van der Waals surface area contributed by atoms with E-state index in [2.05, 4.69) is 4.98 Å². The zero-order chi connectivity index (χ0) is 20.5. The molecule has 5 nitrogen and oxygen atoms in total. The summed E-state index contributed by atoms with van der Waals surface area (Å²) in [5, 5.41) is 0.920. The summed E-state index contributed by atoms with van der Waals surface area (Å²) < 4.78 is 33.4. The van der Waals surface area contributed by atoms with Gasteiger partial charge in [-0.15, -0.1) is 0 Å². The van der Waals surface area contributed by atoms with Crippen LogP contribution in [-0.2, 0) is 16.0 Å². The zero-order valence-electron chi connectivity index (χ0n) is 15.7. The average Bonchev–Trinajstić information content (AvgIpc) is 2.95. The molecular weight excluding hydrogens is 378 g/mol. The number of aromatic amines is 1. The fourth-order valence-electron chi connectivity index (χ4n) is 3.58. The Bertz CT molecular complexity index is 1130. The van der Waals surface area contributed by atoms with Crippen LogP contribution < -0.4 is 0 Å². The maximum absolute atomic E-state index is 14.1. The molecule has 2 heterocycles. The van der Waals surface area contributed by atoms with Gasteiger partial charge in [0, 0.05) is 23.6 Å². The molecule has 1 aliphatic heterocycles. The van der Waals surface area contributed by atoms with Crippen LogP contribution in [0.1, 0.15) is 28.5 Å². The molecule has 0 saturated carbocycles. The number of nitrogens with one attached hydrogen (secondary N) is 1. The van der Waals surface area contributed by atoms with Crippen LogP contribution in [0.4, 0.5) is 8.78 Å². The molecular formula is C22H18F2N2O3. The molecule has 0 unspecified atom stereocenters. The summed E-state index contributed by atoms with van der Waals surface area (Å²) in [6.07, 6.45) is 1.72. The van der Waals surface area contributed by atoms with Crippen LogP contribution in [0.3, 0.4) is 0 Å². The highest BCUT2D eigenvalue weighted by Gasteiger charge is 2.29. The van der Waals surface area contributed by atoms with Crippen molar-refractivity contribution in [3.05, 3.63) is 77.1 Å². The van der Waals surface area contributed by atoms with Crippen molar-refractivity contribution >= 4 is 28.4 Å². The number of nitrogens with zero attached hydrogens (tertiary/aromatic N) is 1. The molecule has 0 saturated heterocycles. The summed E-state index contributed by atoms with van der Waals surface area (Å²) in [4.78, 5) is 29.9. The monoisotopic (exact) mass is 396 g/mol. The number of rotatable bonds is 3. The third kappa shape index (κ3) is 3.29. The number of aromatic nitrogens is 1. The highest BCUT2D eigenvalue weighted by molar-refractivity contribution is 6.18. The number of amides is 1. The van der Waals surface area contributed by atoms with Gasteiger partial charge >= 0.3 is 5.97 Å².